The lowest BCUT2D eigenvalue weighted by atomic mass is 9.66. The van der Waals surface area contributed by atoms with Gasteiger partial charge in [-0.2, -0.15) is 0 Å². The Labute approximate surface area is 248 Å². The Hall–Kier alpha value is -3.49. The van der Waals surface area contributed by atoms with Gasteiger partial charge in [0, 0.05) is 25.8 Å². The van der Waals surface area contributed by atoms with Crippen LogP contribution in [-0.2, 0) is 19.1 Å². The van der Waals surface area contributed by atoms with Gasteiger partial charge in [0.25, 0.3) is 5.91 Å². The van der Waals surface area contributed by atoms with E-state index >= 15 is 0 Å². The average molecular weight is 574 g/mol. The number of aliphatic hydroxyl groups excluding tert-OH is 1. The molecule has 0 aromatic heterocycles. The predicted octanol–water partition coefficient (Wildman–Crippen LogP) is 4.17. The highest BCUT2D eigenvalue weighted by molar-refractivity contribution is 6.06. The SMILES string of the molecule is C=CCN(C)C(=O)[C@@H]1[C@H]2C(=O)N([C@@H](CO)[C@@H](C)CC)C(C(=O)N(CC=C)c3ccc4ccccc4c3)C23CC[C@@]1(C)O3. The highest BCUT2D eigenvalue weighted by Crippen LogP contribution is 2.64. The van der Waals surface area contributed by atoms with Gasteiger partial charge in [-0.25, -0.2) is 0 Å². The third-order valence-corrected chi connectivity index (χ3v) is 9.96. The predicted molar refractivity (Wildman–Crippen MR) is 164 cm³/mol. The fraction of sp³-hybridized carbons (Fsp3) is 0.500. The molecule has 1 N–H and O–H groups in total. The Bertz CT molecular complexity index is 1410. The summed E-state index contributed by atoms with van der Waals surface area (Å²) in [5, 5.41) is 12.7. The number of likely N-dealkylation sites (tertiary alicyclic amines) is 1. The van der Waals surface area contributed by atoms with Gasteiger partial charge in [-0.3, -0.25) is 14.4 Å². The van der Waals surface area contributed by atoms with E-state index in [1.165, 1.54) is 0 Å². The van der Waals surface area contributed by atoms with E-state index in [0.717, 1.165) is 10.8 Å². The standard InChI is InChI=1S/C34H43N3O5/c1-7-18-35(6)30(39)27-28-31(40)37(26(21-38)22(4)9-3)29(34(28)17-16-33(27,5)42-34)32(41)36(19-8-2)25-15-14-23-12-10-11-13-24(23)20-25/h7-8,10-15,20,22,26-29,38H,1-2,9,16-19,21H2,3-6H3/t22-,26-,27-,28-,29?,33+,34?/m0/s1. The van der Waals surface area contributed by atoms with Crippen LogP contribution < -0.4 is 4.90 Å². The van der Waals surface area contributed by atoms with Gasteiger partial charge in [-0.1, -0.05) is 62.8 Å². The van der Waals surface area contributed by atoms with Crippen molar-refractivity contribution in [3.63, 3.8) is 0 Å². The Morgan fingerprint density at radius 1 is 1.12 bits per heavy atom. The van der Waals surface area contributed by atoms with Crippen LogP contribution in [0.2, 0.25) is 0 Å². The van der Waals surface area contributed by atoms with E-state index in [2.05, 4.69) is 13.2 Å². The van der Waals surface area contributed by atoms with Gasteiger partial charge in [0.2, 0.25) is 11.8 Å². The number of aliphatic hydroxyl groups is 1. The van der Waals surface area contributed by atoms with Crippen LogP contribution in [0.25, 0.3) is 10.8 Å². The zero-order chi connectivity index (χ0) is 30.4. The molecule has 3 saturated heterocycles. The summed E-state index contributed by atoms with van der Waals surface area (Å²) in [5.74, 6) is -2.42. The molecule has 3 amide bonds. The van der Waals surface area contributed by atoms with Crippen molar-refractivity contribution in [1.82, 2.24) is 9.80 Å². The van der Waals surface area contributed by atoms with Crippen molar-refractivity contribution in [2.24, 2.45) is 17.8 Å². The fourth-order valence-corrected chi connectivity index (χ4v) is 7.66. The Morgan fingerprint density at radius 2 is 1.81 bits per heavy atom. The number of carbonyl (C=O) groups is 3. The number of hydrogen-bond donors (Lipinski definition) is 1. The van der Waals surface area contributed by atoms with Gasteiger partial charge in [-0.05, 0) is 48.6 Å². The lowest BCUT2D eigenvalue weighted by molar-refractivity contribution is -0.152. The first kappa shape index (κ1) is 30.0. The minimum atomic E-state index is -1.19. The highest BCUT2D eigenvalue weighted by atomic mass is 16.5. The third kappa shape index (κ3) is 4.47. The van der Waals surface area contributed by atoms with Gasteiger partial charge < -0.3 is 24.5 Å². The average Bonchev–Trinajstić information content (AvgIpc) is 3.56. The Morgan fingerprint density at radius 3 is 2.45 bits per heavy atom. The molecule has 0 radical (unpaired) electrons. The maximum Gasteiger partial charge on any atom is 0.253 e. The molecule has 3 heterocycles. The molecule has 8 heteroatoms. The number of carbonyl (C=O) groups excluding carboxylic acids is 3. The number of anilines is 1. The summed E-state index contributed by atoms with van der Waals surface area (Å²) in [6.45, 7) is 13.8. The number of ether oxygens (including phenoxy) is 1. The molecule has 2 aromatic rings. The number of nitrogens with zero attached hydrogens (tertiary/aromatic N) is 3. The fourth-order valence-electron chi connectivity index (χ4n) is 7.66. The topological polar surface area (TPSA) is 90.4 Å². The number of rotatable bonds is 11. The van der Waals surface area contributed by atoms with Crippen LogP contribution in [0.3, 0.4) is 0 Å². The first-order valence-electron chi connectivity index (χ1n) is 15.0. The van der Waals surface area contributed by atoms with E-state index in [4.69, 9.17) is 4.74 Å². The summed E-state index contributed by atoms with van der Waals surface area (Å²) in [7, 11) is 1.70. The first-order chi connectivity index (χ1) is 20.1. The normalized spacial score (nSPS) is 29.3. The molecule has 0 aliphatic carbocycles. The molecule has 2 bridgehead atoms. The van der Waals surface area contributed by atoms with E-state index in [0.29, 0.717) is 31.5 Å². The van der Waals surface area contributed by atoms with Crippen LogP contribution in [0.5, 0.6) is 0 Å². The van der Waals surface area contributed by atoms with E-state index in [1.807, 2.05) is 63.2 Å². The van der Waals surface area contributed by atoms with Gasteiger partial charge in [0.1, 0.15) is 11.6 Å². The van der Waals surface area contributed by atoms with E-state index < -0.39 is 35.1 Å². The van der Waals surface area contributed by atoms with Crippen LogP contribution >= 0.6 is 0 Å². The molecular formula is C34H43N3O5. The van der Waals surface area contributed by atoms with Crippen LogP contribution in [0, 0.1) is 17.8 Å². The van der Waals surface area contributed by atoms with Crippen LogP contribution in [0.15, 0.2) is 67.8 Å². The van der Waals surface area contributed by atoms with Crippen molar-refractivity contribution in [3.05, 3.63) is 67.8 Å². The molecule has 3 fully saturated rings. The monoisotopic (exact) mass is 573 g/mol. The van der Waals surface area contributed by atoms with Crippen LogP contribution in [0.4, 0.5) is 5.69 Å². The van der Waals surface area contributed by atoms with Gasteiger partial charge in [0.15, 0.2) is 0 Å². The molecule has 0 saturated carbocycles. The second-order valence-corrected chi connectivity index (χ2v) is 12.4. The smallest absolute Gasteiger partial charge is 0.253 e. The van der Waals surface area contributed by atoms with Gasteiger partial charge in [-0.15, -0.1) is 13.2 Å². The lowest BCUT2D eigenvalue weighted by Crippen LogP contribution is -2.60. The summed E-state index contributed by atoms with van der Waals surface area (Å²) in [6.07, 6.45) is 5.06. The number of likely N-dealkylation sites (N-methyl/N-ethyl adjacent to an activating group) is 1. The van der Waals surface area contributed by atoms with Crippen LogP contribution in [-0.4, -0.2) is 82.7 Å². The first-order valence-corrected chi connectivity index (χ1v) is 15.0. The summed E-state index contributed by atoms with van der Waals surface area (Å²) in [5.41, 5.74) is -1.38. The molecular weight excluding hydrogens is 530 g/mol. The van der Waals surface area contributed by atoms with Crippen molar-refractivity contribution >= 4 is 34.2 Å². The third-order valence-electron chi connectivity index (χ3n) is 9.96. The molecule has 5 rings (SSSR count). The van der Waals surface area contributed by atoms with E-state index in [1.54, 1.807) is 33.9 Å². The quantitative estimate of drug-likeness (QED) is 0.408. The molecule has 2 aromatic carbocycles. The van der Waals surface area contributed by atoms with Gasteiger partial charge in [0.05, 0.1) is 30.1 Å². The van der Waals surface area contributed by atoms with Crippen molar-refractivity contribution in [1.29, 1.82) is 0 Å². The number of amides is 3. The second-order valence-electron chi connectivity index (χ2n) is 12.4. The maximum atomic E-state index is 14.9. The highest BCUT2D eigenvalue weighted by Gasteiger charge is 2.79. The summed E-state index contributed by atoms with van der Waals surface area (Å²) < 4.78 is 6.82. The largest absolute Gasteiger partial charge is 0.394 e. The maximum absolute atomic E-state index is 14.9. The second kappa shape index (κ2) is 11.3. The zero-order valence-corrected chi connectivity index (χ0v) is 25.2. The zero-order valence-electron chi connectivity index (χ0n) is 25.2. The summed E-state index contributed by atoms with van der Waals surface area (Å²) >= 11 is 0. The molecule has 7 atom stereocenters. The molecule has 42 heavy (non-hydrogen) atoms. The van der Waals surface area contributed by atoms with E-state index in [9.17, 15) is 19.5 Å². The Balaban J connectivity index is 1.65. The Kier molecular flexibility index (Phi) is 8.07. The van der Waals surface area contributed by atoms with E-state index in [-0.39, 0.29) is 36.8 Å². The molecule has 2 unspecified atom stereocenters. The molecule has 3 aliphatic heterocycles. The molecule has 224 valence electrons. The van der Waals surface area contributed by atoms with Gasteiger partial charge >= 0.3 is 0 Å². The molecule has 8 nitrogen and oxygen atoms in total. The summed E-state index contributed by atoms with van der Waals surface area (Å²) in [6, 6.07) is 12.2. The van der Waals surface area contributed by atoms with Crippen molar-refractivity contribution in [2.45, 2.75) is 63.3 Å². The minimum absolute atomic E-state index is 0.0802. The minimum Gasteiger partial charge on any atom is -0.394 e. The number of hydrogen-bond acceptors (Lipinski definition) is 5. The summed E-state index contributed by atoms with van der Waals surface area (Å²) in [4.78, 5) is 48.2. The molecule has 3 aliphatic rings. The van der Waals surface area contributed by atoms with Crippen molar-refractivity contribution < 1.29 is 24.2 Å². The number of benzene rings is 2. The number of fused-ring (bicyclic) bond motifs is 2. The molecule has 1 spiro atoms. The van der Waals surface area contributed by atoms with Crippen molar-refractivity contribution in [2.75, 3.05) is 31.6 Å². The lowest BCUT2D eigenvalue weighted by Gasteiger charge is -2.41. The van der Waals surface area contributed by atoms with Crippen LogP contribution in [0.1, 0.15) is 40.0 Å². The van der Waals surface area contributed by atoms with Crippen molar-refractivity contribution in [3.8, 4) is 0 Å².